The summed E-state index contributed by atoms with van der Waals surface area (Å²) in [5.41, 5.74) is -0.680. The molecule has 2 N–H and O–H groups in total. The zero-order valence-corrected chi connectivity index (χ0v) is 9.86. The van der Waals surface area contributed by atoms with Gasteiger partial charge >= 0.3 is 0 Å². The molecule has 2 nitrogen and oxygen atoms in total. The lowest BCUT2D eigenvalue weighted by Gasteiger charge is -2.41. The summed E-state index contributed by atoms with van der Waals surface area (Å²) in [7, 11) is 0. The smallest absolute Gasteiger partial charge is 0.0868 e. The van der Waals surface area contributed by atoms with Crippen LogP contribution >= 0.6 is 0 Å². The van der Waals surface area contributed by atoms with E-state index in [1.807, 2.05) is 44.2 Å². The molecular formula is C13H20O2. The van der Waals surface area contributed by atoms with Crippen LogP contribution in [0.5, 0.6) is 0 Å². The fourth-order valence-electron chi connectivity index (χ4n) is 1.39. The van der Waals surface area contributed by atoms with Gasteiger partial charge in [0.25, 0.3) is 0 Å². The molecule has 0 aliphatic rings. The van der Waals surface area contributed by atoms with Gasteiger partial charge in [-0.2, -0.15) is 0 Å². The van der Waals surface area contributed by atoms with Crippen LogP contribution in [-0.4, -0.2) is 15.8 Å². The molecular weight excluding hydrogens is 188 g/mol. The van der Waals surface area contributed by atoms with Gasteiger partial charge < -0.3 is 10.2 Å². The predicted molar refractivity (Wildman–Crippen MR) is 61.5 cm³/mol. The minimum absolute atomic E-state index is 0.589. The molecule has 0 radical (unpaired) electrons. The quantitative estimate of drug-likeness (QED) is 0.801. The number of aliphatic hydroxyl groups excluding tert-OH is 1. The maximum Gasteiger partial charge on any atom is 0.0868 e. The van der Waals surface area contributed by atoms with Crippen LogP contribution in [0.3, 0.4) is 0 Å². The molecule has 1 rings (SSSR count). The molecule has 1 aromatic rings. The van der Waals surface area contributed by atoms with Gasteiger partial charge in [0, 0.05) is 5.41 Å². The van der Waals surface area contributed by atoms with Gasteiger partial charge in [0.05, 0.1) is 11.7 Å². The van der Waals surface area contributed by atoms with E-state index in [0.717, 1.165) is 5.56 Å². The topological polar surface area (TPSA) is 40.5 Å². The molecule has 0 spiro atoms. The Morgan fingerprint density at radius 3 is 1.87 bits per heavy atom. The van der Waals surface area contributed by atoms with Gasteiger partial charge in [-0.05, 0) is 19.4 Å². The Bertz CT molecular complexity index is 309. The Morgan fingerprint density at radius 1 is 1.00 bits per heavy atom. The van der Waals surface area contributed by atoms with Crippen molar-refractivity contribution in [3.05, 3.63) is 35.9 Å². The molecule has 1 aromatic carbocycles. The van der Waals surface area contributed by atoms with Crippen molar-refractivity contribution in [2.75, 3.05) is 0 Å². The molecule has 0 saturated heterocycles. The Kier molecular flexibility index (Phi) is 3.22. The van der Waals surface area contributed by atoms with Gasteiger partial charge in [-0.25, -0.2) is 0 Å². The van der Waals surface area contributed by atoms with Crippen LogP contribution in [-0.2, 0) is 0 Å². The van der Waals surface area contributed by atoms with Gasteiger partial charge in [0.1, 0.15) is 0 Å². The summed E-state index contributed by atoms with van der Waals surface area (Å²) >= 11 is 0. The Hall–Kier alpha value is -0.860. The van der Waals surface area contributed by atoms with Crippen molar-refractivity contribution in [1.82, 2.24) is 0 Å². The fourth-order valence-corrected chi connectivity index (χ4v) is 1.39. The zero-order chi connectivity index (χ0) is 11.7. The monoisotopic (exact) mass is 208 g/mol. The van der Waals surface area contributed by atoms with Crippen molar-refractivity contribution in [3.63, 3.8) is 0 Å². The minimum Gasteiger partial charge on any atom is -0.390 e. The molecule has 0 heterocycles. The first-order valence-electron chi connectivity index (χ1n) is 5.22. The van der Waals surface area contributed by atoms with Crippen LogP contribution in [0.15, 0.2) is 30.3 Å². The summed E-state index contributed by atoms with van der Waals surface area (Å²) < 4.78 is 0. The van der Waals surface area contributed by atoms with Crippen molar-refractivity contribution in [2.24, 2.45) is 5.41 Å². The van der Waals surface area contributed by atoms with E-state index < -0.39 is 17.1 Å². The Morgan fingerprint density at radius 2 is 1.47 bits per heavy atom. The number of hydrogen-bond donors (Lipinski definition) is 2. The first kappa shape index (κ1) is 12.2. The fraction of sp³-hybridized carbons (Fsp3) is 0.538. The van der Waals surface area contributed by atoms with Crippen molar-refractivity contribution in [2.45, 2.75) is 39.4 Å². The first-order chi connectivity index (χ1) is 6.77. The standard InChI is InChI=1S/C13H20O2/c1-12(2,13(3,4)15)11(14)10-8-6-5-7-9-10/h5-9,11,14-15H,1-4H3. The van der Waals surface area contributed by atoms with Gasteiger partial charge in [-0.1, -0.05) is 44.2 Å². The van der Waals surface area contributed by atoms with Gasteiger partial charge in [-0.15, -0.1) is 0 Å². The predicted octanol–water partition coefficient (Wildman–Crippen LogP) is 2.52. The van der Waals surface area contributed by atoms with Crippen molar-refractivity contribution < 1.29 is 10.2 Å². The number of rotatable bonds is 3. The maximum absolute atomic E-state index is 10.2. The largest absolute Gasteiger partial charge is 0.390 e. The molecule has 1 unspecified atom stereocenters. The molecule has 0 bridgehead atoms. The second kappa shape index (κ2) is 3.95. The van der Waals surface area contributed by atoms with Crippen LogP contribution in [0.25, 0.3) is 0 Å². The van der Waals surface area contributed by atoms with Crippen molar-refractivity contribution in [1.29, 1.82) is 0 Å². The van der Waals surface area contributed by atoms with Gasteiger partial charge in [0.2, 0.25) is 0 Å². The summed E-state index contributed by atoms with van der Waals surface area (Å²) in [4.78, 5) is 0. The second-order valence-corrected chi connectivity index (χ2v) is 5.09. The molecule has 0 amide bonds. The van der Waals surface area contributed by atoms with E-state index in [1.165, 1.54) is 0 Å². The summed E-state index contributed by atoms with van der Waals surface area (Å²) in [6, 6.07) is 9.43. The summed E-state index contributed by atoms with van der Waals surface area (Å²) in [5, 5.41) is 20.2. The van der Waals surface area contributed by atoms with Crippen molar-refractivity contribution >= 4 is 0 Å². The minimum atomic E-state index is -0.928. The van der Waals surface area contributed by atoms with Crippen LogP contribution in [0.2, 0.25) is 0 Å². The first-order valence-corrected chi connectivity index (χ1v) is 5.22. The lowest BCUT2D eigenvalue weighted by molar-refractivity contribution is -0.105. The molecule has 15 heavy (non-hydrogen) atoms. The Labute approximate surface area is 91.6 Å². The normalized spacial score (nSPS) is 15.1. The molecule has 84 valence electrons. The number of benzene rings is 1. The van der Waals surface area contributed by atoms with E-state index in [9.17, 15) is 10.2 Å². The van der Waals surface area contributed by atoms with E-state index in [2.05, 4.69) is 0 Å². The molecule has 0 fully saturated rings. The SMILES string of the molecule is CC(C)(O)C(C)(C)C(O)c1ccccc1. The van der Waals surface area contributed by atoms with E-state index >= 15 is 0 Å². The maximum atomic E-state index is 10.2. The average molecular weight is 208 g/mol. The lowest BCUT2D eigenvalue weighted by atomic mass is 9.71. The molecule has 0 aliphatic heterocycles. The molecule has 0 saturated carbocycles. The lowest BCUT2D eigenvalue weighted by Crippen LogP contribution is -2.43. The third kappa shape index (κ3) is 2.39. The van der Waals surface area contributed by atoms with E-state index in [4.69, 9.17) is 0 Å². The zero-order valence-electron chi connectivity index (χ0n) is 9.86. The highest BCUT2D eigenvalue weighted by molar-refractivity contribution is 5.20. The average Bonchev–Trinajstić information content (AvgIpc) is 2.16. The highest BCUT2D eigenvalue weighted by atomic mass is 16.3. The van der Waals surface area contributed by atoms with Crippen LogP contribution in [0.4, 0.5) is 0 Å². The number of aliphatic hydroxyl groups is 2. The number of hydrogen-bond acceptors (Lipinski definition) is 2. The summed E-state index contributed by atoms with van der Waals surface area (Å²) in [6.45, 7) is 7.17. The van der Waals surface area contributed by atoms with E-state index in [-0.39, 0.29) is 0 Å². The third-order valence-corrected chi connectivity index (χ3v) is 3.38. The molecule has 0 aliphatic carbocycles. The van der Waals surface area contributed by atoms with Crippen molar-refractivity contribution in [3.8, 4) is 0 Å². The molecule has 2 heteroatoms. The van der Waals surface area contributed by atoms with Crippen LogP contribution in [0, 0.1) is 5.41 Å². The van der Waals surface area contributed by atoms with Crippen LogP contribution < -0.4 is 0 Å². The van der Waals surface area contributed by atoms with Gasteiger partial charge in [0.15, 0.2) is 0 Å². The van der Waals surface area contributed by atoms with E-state index in [0.29, 0.717) is 0 Å². The van der Waals surface area contributed by atoms with Gasteiger partial charge in [-0.3, -0.25) is 0 Å². The third-order valence-electron chi connectivity index (χ3n) is 3.38. The second-order valence-electron chi connectivity index (χ2n) is 5.09. The van der Waals surface area contributed by atoms with Crippen LogP contribution in [0.1, 0.15) is 39.4 Å². The highest BCUT2D eigenvalue weighted by Gasteiger charge is 2.41. The summed E-state index contributed by atoms with van der Waals surface area (Å²) in [5.74, 6) is 0. The molecule has 0 aromatic heterocycles. The Balaban J connectivity index is 3.00. The van der Waals surface area contributed by atoms with E-state index in [1.54, 1.807) is 13.8 Å². The summed E-state index contributed by atoms with van der Waals surface area (Å²) in [6.07, 6.45) is -0.668. The highest BCUT2D eigenvalue weighted by Crippen LogP contribution is 2.41. The molecule has 1 atom stereocenters.